The van der Waals surface area contributed by atoms with E-state index in [1.807, 2.05) is 6.08 Å². The number of hydrogen-bond donors (Lipinski definition) is 0. The highest BCUT2D eigenvalue weighted by Gasteiger charge is 2.19. The van der Waals surface area contributed by atoms with E-state index in [1.54, 1.807) is 6.08 Å². The zero-order valence-corrected chi connectivity index (χ0v) is 51.7. The van der Waals surface area contributed by atoms with E-state index >= 15 is 0 Å². The van der Waals surface area contributed by atoms with E-state index in [0.29, 0.717) is 19.3 Å². The molecule has 0 aliphatic heterocycles. The Bertz CT molecular complexity index is 1900. The van der Waals surface area contributed by atoms with Gasteiger partial charge in [0.15, 0.2) is 6.10 Å². The Kier molecular flexibility index (Phi) is 62.5. The number of esters is 3. The van der Waals surface area contributed by atoms with Gasteiger partial charge in [-0.1, -0.05) is 274 Å². The number of unbranched alkanes of at least 4 members (excludes halogenated alkanes) is 16. The monoisotopic (exact) mass is 1110 g/mol. The van der Waals surface area contributed by atoms with Crippen LogP contribution in [0.2, 0.25) is 0 Å². The highest BCUT2D eigenvalue weighted by atomic mass is 16.6. The molecule has 0 bridgehead atoms. The molecular weight excluding hydrogens is 997 g/mol. The second kappa shape index (κ2) is 67.0. The van der Waals surface area contributed by atoms with Crippen LogP contribution in [0.1, 0.15) is 252 Å². The van der Waals surface area contributed by atoms with Gasteiger partial charge in [0.25, 0.3) is 0 Å². The second-order valence-corrected chi connectivity index (χ2v) is 20.6. The third-order valence-corrected chi connectivity index (χ3v) is 12.9. The average Bonchev–Trinajstić information content (AvgIpc) is 3.46. The fraction of sp³-hybridized carbons (Fsp3) is 0.560. The Labute approximate surface area is 497 Å². The standard InChI is InChI=1S/C75H116O6/c1-4-7-10-13-16-19-22-25-27-28-29-30-31-32-33-34-35-36-37-38-39-40-41-42-43-44-45-46-48-50-53-56-59-62-65-68-74(77)80-71-72(70-79-73(76)67-64-61-58-55-52-49-24-21-18-15-12-9-6-3)81-75(78)69-66-63-60-57-54-51-47-26-23-20-17-14-11-8-5-2/h7-8,10-11,16-17,19-21,24-27,29-30,32-33,35-36,38-39,41-42,44-45,47,54,57,63,66,72H,4-6,9,12-15,18,22-23,28,31,34,37,40,43,46,48-53,55-56,58-62,64-65,67-71H2,1-3H3/b10-7-,11-8-,19-16-,20-17-,24-21-,27-25-,30-29-,33-32-,36-35-,39-38-,42-41-,45-44-,47-26-,57-54-,66-63-. The van der Waals surface area contributed by atoms with Gasteiger partial charge in [-0.15, -0.1) is 0 Å². The summed E-state index contributed by atoms with van der Waals surface area (Å²) in [6, 6.07) is 0. The first kappa shape index (κ1) is 75.5. The maximum atomic E-state index is 12.8. The fourth-order valence-corrected chi connectivity index (χ4v) is 8.15. The van der Waals surface area contributed by atoms with Crippen LogP contribution in [0.15, 0.2) is 182 Å². The maximum absolute atomic E-state index is 12.8. The smallest absolute Gasteiger partial charge is 0.310 e. The van der Waals surface area contributed by atoms with Crippen LogP contribution < -0.4 is 0 Å². The molecule has 0 amide bonds. The zero-order valence-electron chi connectivity index (χ0n) is 51.7. The molecular formula is C75H116O6. The lowest BCUT2D eigenvalue weighted by molar-refractivity contribution is -0.166. The molecule has 0 aliphatic rings. The first-order valence-corrected chi connectivity index (χ1v) is 32.3. The Balaban J connectivity index is 4.35. The number of rotatable bonds is 56. The molecule has 6 heteroatoms. The normalized spacial score (nSPS) is 13.4. The molecule has 452 valence electrons. The van der Waals surface area contributed by atoms with Gasteiger partial charge in [0.2, 0.25) is 0 Å². The molecule has 0 aromatic rings. The van der Waals surface area contributed by atoms with E-state index in [2.05, 4.69) is 191 Å². The van der Waals surface area contributed by atoms with Gasteiger partial charge in [-0.3, -0.25) is 14.4 Å². The molecule has 1 atom stereocenters. The van der Waals surface area contributed by atoms with Gasteiger partial charge in [-0.25, -0.2) is 0 Å². The second-order valence-electron chi connectivity index (χ2n) is 20.6. The van der Waals surface area contributed by atoms with Crippen LogP contribution in [0, 0.1) is 0 Å². The van der Waals surface area contributed by atoms with Crippen LogP contribution in [0.25, 0.3) is 0 Å². The van der Waals surface area contributed by atoms with Crippen molar-refractivity contribution in [2.24, 2.45) is 0 Å². The molecule has 0 spiro atoms. The van der Waals surface area contributed by atoms with Gasteiger partial charge in [0.1, 0.15) is 13.2 Å². The molecule has 0 rings (SSSR count). The molecule has 81 heavy (non-hydrogen) atoms. The quantitative estimate of drug-likeness (QED) is 0.0261. The number of carbonyl (C=O) groups excluding carboxylic acids is 3. The lowest BCUT2D eigenvalue weighted by Gasteiger charge is -2.18. The van der Waals surface area contributed by atoms with Crippen molar-refractivity contribution in [3.05, 3.63) is 182 Å². The van der Waals surface area contributed by atoms with E-state index in [-0.39, 0.29) is 31.6 Å². The largest absolute Gasteiger partial charge is 0.462 e. The molecule has 1 unspecified atom stereocenters. The van der Waals surface area contributed by atoms with Crippen LogP contribution >= 0.6 is 0 Å². The molecule has 0 aliphatic carbocycles. The van der Waals surface area contributed by atoms with Crippen molar-refractivity contribution in [1.29, 1.82) is 0 Å². The third kappa shape index (κ3) is 65.2. The first-order chi connectivity index (χ1) is 40.0. The van der Waals surface area contributed by atoms with Gasteiger partial charge in [0, 0.05) is 12.8 Å². The molecule has 0 fully saturated rings. The summed E-state index contributed by atoms with van der Waals surface area (Å²) in [5, 5.41) is 0. The Hall–Kier alpha value is -5.49. The summed E-state index contributed by atoms with van der Waals surface area (Å²) < 4.78 is 16.8. The predicted octanol–water partition coefficient (Wildman–Crippen LogP) is 22.4. The molecule has 0 aromatic carbocycles. The van der Waals surface area contributed by atoms with Crippen molar-refractivity contribution in [2.45, 2.75) is 258 Å². The minimum Gasteiger partial charge on any atom is -0.462 e. The highest BCUT2D eigenvalue weighted by molar-refractivity contribution is 5.72. The van der Waals surface area contributed by atoms with Crippen molar-refractivity contribution >= 4 is 17.9 Å². The molecule has 0 N–H and O–H groups in total. The molecule has 0 radical (unpaired) electrons. The number of ether oxygens (including phenoxy) is 3. The van der Waals surface area contributed by atoms with Gasteiger partial charge >= 0.3 is 17.9 Å². The summed E-state index contributed by atoms with van der Waals surface area (Å²) >= 11 is 0. The van der Waals surface area contributed by atoms with Crippen LogP contribution in [-0.2, 0) is 28.6 Å². The Morgan fingerprint density at radius 3 is 0.827 bits per heavy atom. The van der Waals surface area contributed by atoms with E-state index in [0.717, 1.165) is 148 Å². The lowest BCUT2D eigenvalue weighted by atomic mass is 10.1. The summed E-state index contributed by atoms with van der Waals surface area (Å²) in [7, 11) is 0. The average molecular weight is 1110 g/mol. The van der Waals surface area contributed by atoms with E-state index in [4.69, 9.17) is 14.2 Å². The third-order valence-electron chi connectivity index (χ3n) is 12.9. The molecule has 6 nitrogen and oxygen atoms in total. The van der Waals surface area contributed by atoms with Crippen molar-refractivity contribution < 1.29 is 28.6 Å². The SMILES string of the molecule is CC/C=C\C/C=C\C/C=C\C/C=C\C/C=C\C/C=C\C/C=C\C/C=C\C/C=C\CCCCCCCCCC(=O)OCC(COC(=O)CCCCCCC/C=C\CCCCCC)OC(=O)C/C=C\C/C=C\C/C=C\C/C=C\C/C=C\CC. The molecule has 0 saturated carbocycles. The van der Waals surface area contributed by atoms with Crippen molar-refractivity contribution in [1.82, 2.24) is 0 Å². The summed E-state index contributed by atoms with van der Waals surface area (Å²) in [4.78, 5) is 38.2. The highest BCUT2D eigenvalue weighted by Crippen LogP contribution is 2.13. The van der Waals surface area contributed by atoms with Crippen molar-refractivity contribution in [3.63, 3.8) is 0 Å². The summed E-state index contributed by atoms with van der Waals surface area (Å²) in [6.45, 7) is 6.28. The van der Waals surface area contributed by atoms with Crippen LogP contribution in [-0.4, -0.2) is 37.2 Å². The van der Waals surface area contributed by atoms with Crippen LogP contribution in [0.5, 0.6) is 0 Å². The molecule has 0 heterocycles. The Morgan fingerprint density at radius 2 is 0.519 bits per heavy atom. The van der Waals surface area contributed by atoms with Crippen LogP contribution in [0.4, 0.5) is 0 Å². The summed E-state index contributed by atoms with van der Waals surface area (Å²) in [5.74, 6) is -1.09. The van der Waals surface area contributed by atoms with Gasteiger partial charge in [-0.2, -0.15) is 0 Å². The van der Waals surface area contributed by atoms with Crippen molar-refractivity contribution in [2.75, 3.05) is 13.2 Å². The minimum absolute atomic E-state index is 0.0846. The number of hydrogen-bond acceptors (Lipinski definition) is 6. The minimum atomic E-state index is -0.850. The number of carbonyl (C=O) groups is 3. The van der Waals surface area contributed by atoms with E-state index in [1.165, 1.54) is 57.8 Å². The first-order valence-electron chi connectivity index (χ1n) is 32.3. The van der Waals surface area contributed by atoms with Gasteiger partial charge in [-0.05, 0) is 141 Å². The number of allylic oxidation sites excluding steroid dienone is 29. The zero-order chi connectivity index (χ0) is 58.5. The summed E-state index contributed by atoms with van der Waals surface area (Å²) in [5.41, 5.74) is 0. The molecule has 0 saturated heterocycles. The topological polar surface area (TPSA) is 78.9 Å². The van der Waals surface area contributed by atoms with Gasteiger partial charge in [0.05, 0.1) is 6.42 Å². The predicted molar refractivity (Wildman–Crippen MR) is 352 cm³/mol. The van der Waals surface area contributed by atoms with Crippen LogP contribution in [0.3, 0.4) is 0 Å². The van der Waals surface area contributed by atoms with E-state index in [9.17, 15) is 14.4 Å². The maximum Gasteiger partial charge on any atom is 0.310 e. The van der Waals surface area contributed by atoms with Crippen molar-refractivity contribution in [3.8, 4) is 0 Å². The fourth-order valence-electron chi connectivity index (χ4n) is 8.15. The summed E-state index contributed by atoms with van der Waals surface area (Å²) in [6.07, 6.45) is 101. The Morgan fingerprint density at radius 1 is 0.272 bits per heavy atom. The lowest BCUT2D eigenvalue weighted by Crippen LogP contribution is -2.30. The van der Waals surface area contributed by atoms with Gasteiger partial charge < -0.3 is 14.2 Å². The molecule has 0 aromatic heterocycles. The van der Waals surface area contributed by atoms with E-state index < -0.39 is 12.1 Å².